The molecule has 0 saturated carbocycles. The fourth-order valence-electron chi connectivity index (χ4n) is 1.58. The summed E-state index contributed by atoms with van der Waals surface area (Å²) >= 11 is 0. The van der Waals surface area contributed by atoms with Crippen LogP contribution >= 0.6 is 0 Å². The minimum atomic E-state index is 0.365. The van der Waals surface area contributed by atoms with Crippen molar-refractivity contribution in [1.29, 1.82) is 0 Å². The van der Waals surface area contributed by atoms with Crippen molar-refractivity contribution in [2.75, 3.05) is 7.11 Å². The zero-order chi connectivity index (χ0) is 12.8. The van der Waals surface area contributed by atoms with Gasteiger partial charge in [-0.2, -0.15) is 0 Å². The molecule has 2 aromatic rings. The van der Waals surface area contributed by atoms with Crippen molar-refractivity contribution in [3.63, 3.8) is 0 Å². The minimum Gasteiger partial charge on any atom is -0.493 e. The number of hydrogen-bond acceptors (Lipinski definition) is 4. The SMILES string of the molecule is COc1cccc(C=O)c1OCc1ccncc1. The molecule has 0 aliphatic rings. The molecule has 1 aromatic carbocycles. The van der Waals surface area contributed by atoms with E-state index in [0.717, 1.165) is 11.8 Å². The normalized spacial score (nSPS) is 9.83. The molecule has 0 unspecified atom stereocenters. The van der Waals surface area contributed by atoms with Crippen LogP contribution in [0.4, 0.5) is 0 Å². The van der Waals surface area contributed by atoms with E-state index < -0.39 is 0 Å². The second kappa shape index (κ2) is 5.82. The van der Waals surface area contributed by atoms with Crippen LogP contribution in [0.2, 0.25) is 0 Å². The van der Waals surface area contributed by atoms with Crippen molar-refractivity contribution in [3.8, 4) is 11.5 Å². The molecule has 92 valence electrons. The van der Waals surface area contributed by atoms with E-state index in [1.165, 1.54) is 0 Å². The Bertz CT molecular complexity index is 526. The van der Waals surface area contributed by atoms with Gasteiger partial charge in [-0.15, -0.1) is 0 Å². The average Bonchev–Trinajstić information content (AvgIpc) is 2.45. The first-order valence-electron chi connectivity index (χ1n) is 5.49. The molecule has 4 nitrogen and oxygen atoms in total. The summed E-state index contributed by atoms with van der Waals surface area (Å²) < 4.78 is 10.8. The highest BCUT2D eigenvalue weighted by molar-refractivity contribution is 5.81. The van der Waals surface area contributed by atoms with Gasteiger partial charge in [-0.1, -0.05) is 6.07 Å². The van der Waals surface area contributed by atoms with Gasteiger partial charge in [-0.05, 0) is 29.8 Å². The number of ether oxygens (including phenoxy) is 2. The summed E-state index contributed by atoms with van der Waals surface area (Å²) in [4.78, 5) is 14.9. The first kappa shape index (κ1) is 12.1. The second-order valence-corrected chi connectivity index (χ2v) is 3.64. The van der Waals surface area contributed by atoms with Gasteiger partial charge in [0.15, 0.2) is 17.8 Å². The predicted molar refractivity (Wildman–Crippen MR) is 67.0 cm³/mol. The van der Waals surface area contributed by atoms with Gasteiger partial charge in [0.25, 0.3) is 0 Å². The fraction of sp³-hybridized carbons (Fsp3) is 0.143. The Morgan fingerprint density at radius 1 is 1.22 bits per heavy atom. The van der Waals surface area contributed by atoms with Crippen LogP contribution in [0.15, 0.2) is 42.7 Å². The van der Waals surface area contributed by atoms with Gasteiger partial charge in [-0.3, -0.25) is 9.78 Å². The highest BCUT2D eigenvalue weighted by Gasteiger charge is 2.09. The van der Waals surface area contributed by atoms with Crippen molar-refractivity contribution < 1.29 is 14.3 Å². The van der Waals surface area contributed by atoms with Crippen LogP contribution in [-0.2, 0) is 6.61 Å². The highest BCUT2D eigenvalue weighted by Crippen LogP contribution is 2.30. The Labute approximate surface area is 105 Å². The lowest BCUT2D eigenvalue weighted by Crippen LogP contribution is -2.00. The maximum atomic E-state index is 11.0. The number of aromatic nitrogens is 1. The van der Waals surface area contributed by atoms with Crippen molar-refractivity contribution in [2.45, 2.75) is 6.61 Å². The third-order valence-corrected chi connectivity index (χ3v) is 2.49. The number of para-hydroxylation sites is 1. The molecule has 0 aliphatic heterocycles. The molecule has 0 aliphatic carbocycles. The van der Waals surface area contributed by atoms with Crippen LogP contribution in [0, 0.1) is 0 Å². The van der Waals surface area contributed by atoms with Crippen molar-refractivity contribution in [2.24, 2.45) is 0 Å². The molecule has 0 fully saturated rings. The molecular weight excluding hydrogens is 230 g/mol. The maximum absolute atomic E-state index is 11.0. The lowest BCUT2D eigenvalue weighted by molar-refractivity contribution is 0.111. The van der Waals surface area contributed by atoms with E-state index in [4.69, 9.17) is 9.47 Å². The van der Waals surface area contributed by atoms with Gasteiger partial charge in [0.05, 0.1) is 12.7 Å². The van der Waals surface area contributed by atoms with Gasteiger partial charge in [0.1, 0.15) is 6.61 Å². The molecule has 1 heterocycles. The Kier molecular flexibility index (Phi) is 3.91. The third kappa shape index (κ3) is 2.66. The summed E-state index contributed by atoms with van der Waals surface area (Å²) in [5.74, 6) is 1.01. The molecular formula is C14H13NO3. The molecule has 0 N–H and O–H groups in total. The lowest BCUT2D eigenvalue weighted by atomic mass is 10.2. The summed E-state index contributed by atoms with van der Waals surface area (Å²) in [5, 5.41) is 0. The molecule has 0 bridgehead atoms. The van der Waals surface area contributed by atoms with E-state index in [1.54, 1.807) is 37.7 Å². The zero-order valence-corrected chi connectivity index (χ0v) is 10.00. The van der Waals surface area contributed by atoms with Crippen LogP contribution in [0.25, 0.3) is 0 Å². The highest BCUT2D eigenvalue weighted by atomic mass is 16.5. The number of nitrogens with zero attached hydrogens (tertiary/aromatic N) is 1. The molecule has 0 spiro atoms. The van der Waals surface area contributed by atoms with Crippen LogP contribution in [0.1, 0.15) is 15.9 Å². The predicted octanol–water partition coefficient (Wildman–Crippen LogP) is 2.48. The monoisotopic (exact) mass is 243 g/mol. The summed E-state index contributed by atoms with van der Waals surface area (Å²) in [7, 11) is 1.54. The van der Waals surface area contributed by atoms with Crippen LogP contribution in [0.3, 0.4) is 0 Å². The van der Waals surface area contributed by atoms with Gasteiger partial charge in [0.2, 0.25) is 0 Å². The first-order valence-corrected chi connectivity index (χ1v) is 5.49. The number of hydrogen-bond donors (Lipinski definition) is 0. The third-order valence-electron chi connectivity index (χ3n) is 2.49. The number of benzene rings is 1. The van der Waals surface area contributed by atoms with Gasteiger partial charge in [0, 0.05) is 12.4 Å². The van der Waals surface area contributed by atoms with Gasteiger partial charge >= 0.3 is 0 Å². The van der Waals surface area contributed by atoms with Crippen LogP contribution in [-0.4, -0.2) is 18.4 Å². The van der Waals surface area contributed by atoms with E-state index in [0.29, 0.717) is 23.7 Å². The molecule has 0 amide bonds. The largest absolute Gasteiger partial charge is 0.493 e. The van der Waals surface area contributed by atoms with Gasteiger partial charge in [-0.25, -0.2) is 0 Å². The Morgan fingerprint density at radius 2 is 2.00 bits per heavy atom. The fourth-order valence-corrected chi connectivity index (χ4v) is 1.58. The average molecular weight is 243 g/mol. The van der Waals surface area contributed by atoms with Crippen LogP contribution < -0.4 is 9.47 Å². The van der Waals surface area contributed by atoms with Crippen molar-refractivity contribution in [1.82, 2.24) is 4.98 Å². The van der Waals surface area contributed by atoms with E-state index in [1.807, 2.05) is 12.1 Å². The van der Waals surface area contributed by atoms with Gasteiger partial charge < -0.3 is 9.47 Å². The number of aldehydes is 1. The summed E-state index contributed by atoms with van der Waals surface area (Å²) in [6.45, 7) is 0.365. The molecule has 2 rings (SSSR count). The standard InChI is InChI=1S/C14H13NO3/c1-17-13-4-2-3-12(9-16)14(13)18-10-11-5-7-15-8-6-11/h2-9H,10H2,1H3. The van der Waals surface area contributed by atoms with Crippen LogP contribution in [0.5, 0.6) is 11.5 Å². The number of pyridine rings is 1. The van der Waals surface area contributed by atoms with E-state index in [9.17, 15) is 4.79 Å². The molecule has 4 heteroatoms. The quantitative estimate of drug-likeness (QED) is 0.757. The minimum absolute atomic E-state index is 0.365. The number of methoxy groups -OCH3 is 1. The Hall–Kier alpha value is -2.36. The Balaban J connectivity index is 2.20. The second-order valence-electron chi connectivity index (χ2n) is 3.64. The number of rotatable bonds is 5. The zero-order valence-electron chi connectivity index (χ0n) is 10.00. The molecule has 0 radical (unpaired) electrons. The van der Waals surface area contributed by atoms with E-state index >= 15 is 0 Å². The smallest absolute Gasteiger partial charge is 0.172 e. The van der Waals surface area contributed by atoms with E-state index in [-0.39, 0.29) is 0 Å². The van der Waals surface area contributed by atoms with Crippen molar-refractivity contribution in [3.05, 3.63) is 53.9 Å². The Morgan fingerprint density at radius 3 is 2.67 bits per heavy atom. The molecule has 18 heavy (non-hydrogen) atoms. The summed E-state index contributed by atoms with van der Waals surface area (Å²) in [5.41, 5.74) is 1.45. The molecule has 0 saturated heterocycles. The topological polar surface area (TPSA) is 48.4 Å². The number of carbonyl (C=O) groups is 1. The summed E-state index contributed by atoms with van der Waals surface area (Å²) in [6.07, 6.45) is 4.15. The molecule has 1 aromatic heterocycles. The number of carbonyl (C=O) groups excluding carboxylic acids is 1. The van der Waals surface area contributed by atoms with Crippen molar-refractivity contribution >= 4 is 6.29 Å². The first-order chi connectivity index (χ1) is 8.85. The van der Waals surface area contributed by atoms with E-state index in [2.05, 4.69) is 4.98 Å². The maximum Gasteiger partial charge on any atom is 0.172 e. The molecule has 0 atom stereocenters. The lowest BCUT2D eigenvalue weighted by Gasteiger charge is -2.12. The summed E-state index contributed by atoms with van der Waals surface area (Å²) in [6, 6.07) is 8.92.